The number of ether oxygens (including phenoxy) is 1. The molecule has 2 N–H and O–H groups in total. The summed E-state index contributed by atoms with van der Waals surface area (Å²) < 4.78 is 5.95. The first kappa shape index (κ1) is 17.3. The molecule has 0 saturated heterocycles. The highest BCUT2D eigenvalue weighted by atomic mass is 32.1. The van der Waals surface area contributed by atoms with Gasteiger partial charge in [-0.25, -0.2) is 4.98 Å². The van der Waals surface area contributed by atoms with Gasteiger partial charge >= 0.3 is 0 Å². The van der Waals surface area contributed by atoms with Crippen LogP contribution in [0.1, 0.15) is 22.4 Å². The second-order valence-corrected chi connectivity index (χ2v) is 6.67. The molecule has 0 spiro atoms. The van der Waals surface area contributed by atoms with Crippen molar-refractivity contribution in [2.45, 2.75) is 33.4 Å². The second kappa shape index (κ2) is 8.53. The highest BCUT2D eigenvalue weighted by molar-refractivity contribution is 7.11. The Balaban J connectivity index is 1.77. The average Bonchev–Trinajstić information content (AvgIpc) is 2.95. The van der Waals surface area contributed by atoms with Crippen molar-refractivity contribution in [2.24, 2.45) is 4.99 Å². The Bertz CT molecular complexity index is 654. The van der Waals surface area contributed by atoms with Gasteiger partial charge in [-0.3, -0.25) is 4.99 Å². The minimum Gasteiger partial charge on any atom is -0.489 e. The monoisotopic (exact) mass is 332 g/mol. The molecule has 6 heteroatoms. The van der Waals surface area contributed by atoms with Crippen molar-refractivity contribution in [3.8, 4) is 5.75 Å². The molecule has 23 heavy (non-hydrogen) atoms. The molecule has 2 aromatic rings. The quantitative estimate of drug-likeness (QED) is 0.631. The molecule has 2 rings (SSSR count). The van der Waals surface area contributed by atoms with Crippen molar-refractivity contribution >= 4 is 17.3 Å². The molecule has 5 nitrogen and oxygen atoms in total. The summed E-state index contributed by atoms with van der Waals surface area (Å²) in [6.07, 6.45) is 1.93. The number of aromatic nitrogens is 1. The number of para-hydroxylation sites is 1. The Labute approximate surface area is 141 Å². The van der Waals surface area contributed by atoms with E-state index in [9.17, 15) is 0 Å². The predicted molar refractivity (Wildman–Crippen MR) is 96.3 cm³/mol. The molecule has 0 aliphatic heterocycles. The van der Waals surface area contributed by atoms with Crippen LogP contribution >= 0.6 is 11.3 Å². The molecular weight excluding hydrogens is 308 g/mol. The summed E-state index contributed by atoms with van der Waals surface area (Å²) in [7, 11) is 1.76. The van der Waals surface area contributed by atoms with E-state index < -0.39 is 0 Å². The molecule has 0 radical (unpaired) electrons. The predicted octanol–water partition coefficient (Wildman–Crippen LogP) is 2.89. The minimum atomic E-state index is 0.0419. The minimum absolute atomic E-state index is 0.0419. The zero-order valence-corrected chi connectivity index (χ0v) is 14.9. The van der Waals surface area contributed by atoms with Crippen LogP contribution < -0.4 is 15.4 Å². The number of guanidine groups is 1. The summed E-state index contributed by atoms with van der Waals surface area (Å²) in [5.41, 5.74) is 1.14. The fourth-order valence-corrected chi connectivity index (χ4v) is 2.80. The zero-order valence-electron chi connectivity index (χ0n) is 14.1. The lowest BCUT2D eigenvalue weighted by atomic mass is 10.2. The van der Waals surface area contributed by atoms with Gasteiger partial charge in [0.25, 0.3) is 0 Å². The molecule has 1 aromatic heterocycles. The Hall–Kier alpha value is -2.08. The molecule has 0 fully saturated rings. The van der Waals surface area contributed by atoms with Crippen LogP contribution in [-0.2, 0) is 6.54 Å². The van der Waals surface area contributed by atoms with E-state index in [4.69, 9.17) is 4.74 Å². The van der Waals surface area contributed by atoms with Crippen LogP contribution in [0.5, 0.6) is 5.75 Å². The summed E-state index contributed by atoms with van der Waals surface area (Å²) in [6, 6.07) is 8.04. The normalized spacial score (nSPS) is 12.8. The lowest BCUT2D eigenvalue weighted by Crippen LogP contribution is -2.41. The third kappa shape index (κ3) is 5.56. The molecule has 1 atom stereocenters. The molecule has 0 saturated carbocycles. The standard InChI is InChI=1S/C17H24N4OS/c1-12-7-5-6-8-16(12)22-13(2)9-20-17(18-4)21-11-15-10-19-14(3)23-15/h5-8,10,13H,9,11H2,1-4H3,(H2,18,20,21). The van der Waals surface area contributed by atoms with Crippen LogP contribution in [0.2, 0.25) is 0 Å². The highest BCUT2D eigenvalue weighted by Crippen LogP contribution is 2.17. The van der Waals surface area contributed by atoms with Crippen molar-refractivity contribution in [3.05, 3.63) is 45.9 Å². The van der Waals surface area contributed by atoms with Gasteiger partial charge in [0.2, 0.25) is 0 Å². The van der Waals surface area contributed by atoms with Crippen molar-refractivity contribution < 1.29 is 4.74 Å². The first-order chi connectivity index (χ1) is 11.1. The summed E-state index contributed by atoms with van der Waals surface area (Å²) >= 11 is 1.69. The summed E-state index contributed by atoms with van der Waals surface area (Å²) in [5.74, 6) is 1.68. The van der Waals surface area contributed by atoms with Crippen molar-refractivity contribution in [2.75, 3.05) is 13.6 Å². The number of rotatable bonds is 6. The van der Waals surface area contributed by atoms with E-state index in [0.29, 0.717) is 6.54 Å². The van der Waals surface area contributed by atoms with E-state index in [0.717, 1.165) is 28.8 Å². The Morgan fingerprint density at radius 1 is 1.30 bits per heavy atom. The van der Waals surface area contributed by atoms with E-state index in [1.807, 2.05) is 51.2 Å². The van der Waals surface area contributed by atoms with Gasteiger partial charge in [0.1, 0.15) is 11.9 Å². The molecule has 124 valence electrons. The third-order valence-electron chi connectivity index (χ3n) is 3.30. The first-order valence-corrected chi connectivity index (χ1v) is 8.48. The van der Waals surface area contributed by atoms with Gasteiger partial charge in [-0.1, -0.05) is 18.2 Å². The summed E-state index contributed by atoms with van der Waals surface area (Å²) in [4.78, 5) is 9.67. The van der Waals surface area contributed by atoms with Crippen LogP contribution in [0.25, 0.3) is 0 Å². The molecule has 1 aromatic carbocycles. The molecule has 0 aliphatic carbocycles. The van der Waals surface area contributed by atoms with Gasteiger partial charge in [0.15, 0.2) is 5.96 Å². The van der Waals surface area contributed by atoms with E-state index in [1.165, 1.54) is 4.88 Å². The number of hydrogen-bond donors (Lipinski definition) is 2. The lowest BCUT2D eigenvalue weighted by Gasteiger charge is -2.18. The van der Waals surface area contributed by atoms with E-state index in [-0.39, 0.29) is 6.10 Å². The average molecular weight is 332 g/mol. The second-order valence-electron chi connectivity index (χ2n) is 5.35. The van der Waals surface area contributed by atoms with Crippen LogP contribution in [-0.4, -0.2) is 30.6 Å². The molecule has 1 heterocycles. The number of nitrogens with one attached hydrogen (secondary N) is 2. The highest BCUT2D eigenvalue weighted by Gasteiger charge is 2.07. The van der Waals surface area contributed by atoms with E-state index >= 15 is 0 Å². The molecule has 0 aliphatic rings. The number of hydrogen-bond acceptors (Lipinski definition) is 4. The van der Waals surface area contributed by atoms with Gasteiger partial charge in [0, 0.05) is 18.1 Å². The Morgan fingerprint density at radius 2 is 2.09 bits per heavy atom. The van der Waals surface area contributed by atoms with Crippen LogP contribution in [0.4, 0.5) is 0 Å². The first-order valence-electron chi connectivity index (χ1n) is 7.66. The number of aryl methyl sites for hydroxylation is 2. The number of thiazole rings is 1. The van der Waals surface area contributed by atoms with E-state index in [2.05, 4.69) is 20.6 Å². The topological polar surface area (TPSA) is 58.5 Å². The number of aliphatic imine (C=N–C) groups is 1. The fourth-order valence-electron chi connectivity index (χ4n) is 2.07. The summed E-state index contributed by atoms with van der Waals surface area (Å²) in [5, 5.41) is 7.64. The molecule has 0 bridgehead atoms. The van der Waals surface area contributed by atoms with Crippen LogP contribution in [0, 0.1) is 13.8 Å². The zero-order chi connectivity index (χ0) is 16.7. The van der Waals surface area contributed by atoms with Crippen molar-refractivity contribution in [1.29, 1.82) is 0 Å². The van der Waals surface area contributed by atoms with Crippen LogP contribution in [0.3, 0.4) is 0 Å². The molecular formula is C17H24N4OS. The lowest BCUT2D eigenvalue weighted by molar-refractivity contribution is 0.222. The Kier molecular flexibility index (Phi) is 6.40. The largest absolute Gasteiger partial charge is 0.489 e. The fraction of sp³-hybridized carbons (Fsp3) is 0.412. The van der Waals surface area contributed by atoms with E-state index in [1.54, 1.807) is 18.4 Å². The number of nitrogens with zero attached hydrogens (tertiary/aromatic N) is 2. The molecule has 0 amide bonds. The van der Waals surface area contributed by atoms with Crippen molar-refractivity contribution in [1.82, 2.24) is 15.6 Å². The maximum Gasteiger partial charge on any atom is 0.191 e. The third-order valence-corrected chi connectivity index (χ3v) is 4.21. The smallest absolute Gasteiger partial charge is 0.191 e. The molecule has 1 unspecified atom stereocenters. The summed E-state index contributed by atoms with van der Waals surface area (Å²) in [6.45, 7) is 7.49. The maximum atomic E-state index is 5.95. The Morgan fingerprint density at radius 3 is 2.74 bits per heavy atom. The van der Waals surface area contributed by atoms with Gasteiger partial charge in [-0.05, 0) is 32.4 Å². The van der Waals surface area contributed by atoms with Gasteiger partial charge in [-0.2, -0.15) is 0 Å². The maximum absolute atomic E-state index is 5.95. The van der Waals surface area contributed by atoms with Gasteiger partial charge in [0.05, 0.1) is 18.1 Å². The van der Waals surface area contributed by atoms with Crippen molar-refractivity contribution in [3.63, 3.8) is 0 Å². The van der Waals surface area contributed by atoms with Crippen LogP contribution in [0.15, 0.2) is 35.5 Å². The van der Waals surface area contributed by atoms with Gasteiger partial charge in [-0.15, -0.1) is 11.3 Å². The SMILES string of the molecule is CN=C(NCc1cnc(C)s1)NCC(C)Oc1ccccc1C. The number of benzene rings is 1. The van der Waals surface area contributed by atoms with Gasteiger partial charge < -0.3 is 15.4 Å².